The highest BCUT2D eigenvalue weighted by Gasteiger charge is 2.47. The van der Waals surface area contributed by atoms with Gasteiger partial charge in [0, 0.05) is 42.5 Å². The molecule has 0 bridgehead atoms. The Bertz CT molecular complexity index is 680. The highest BCUT2D eigenvalue weighted by Crippen LogP contribution is 2.53. The summed E-state index contributed by atoms with van der Waals surface area (Å²) >= 11 is 0. The third-order valence-electron chi connectivity index (χ3n) is 5.32. The maximum atomic E-state index is 4.31. The van der Waals surface area contributed by atoms with Crippen molar-refractivity contribution in [2.75, 3.05) is 11.4 Å². The highest BCUT2D eigenvalue weighted by molar-refractivity contribution is 5.72. The van der Waals surface area contributed by atoms with Gasteiger partial charge in [0.05, 0.1) is 6.20 Å². The Morgan fingerprint density at radius 1 is 1.19 bits per heavy atom. The molecule has 1 aromatic heterocycles. The van der Waals surface area contributed by atoms with Crippen molar-refractivity contribution in [2.24, 2.45) is 7.05 Å². The van der Waals surface area contributed by atoms with Crippen LogP contribution in [0.3, 0.4) is 0 Å². The van der Waals surface area contributed by atoms with Crippen LogP contribution >= 0.6 is 0 Å². The highest BCUT2D eigenvalue weighted by atomic mass is 15.2. The minimum absolute atomic E-state index is 0.428. The molecule has 3 nitrogen and oxygen atoms in total. The van der Waals surface area contributed by atoms with Crippen molar-refractivity contribution in [2.45, 2.75) is 44.6 Å². The second-order valence-electron chi connectivity index (χ2n) is 6.99. The fourth-order valence-corrected chi connectivity index (χ4v) is 3.95. The van der Waals surface area contributed by atoms with Gasteiger partial charge in [0.25, 0.3) is 0 Å². The van der Waals surface area contributed by atoms with Crippen molar-refractivity contribution < 1.29 is 0 Å². The third-order valence-corrected chi connectivity index (χ3v) is 5.32. The second kappa shape index (κ2) is 4.36. The molecule has 110 valence electrons. The van der Waals surface area contributed by atoms with Crippen LogP contribution in [-0.2, 0) is 12.5 Å². The van der Waals surface area contributed by atoms with E-state index in [1.807, 2.05) is 17.9 Å². The van der Waals surface area contributed by atoms with Gasteiger partial charge in [-0.2, -0.15) is 5.10 Å². The van der Waals surface area contributed by atoms with Crippen molar-refractivity contribution >= 4 is 5.69 Å². The van der Waals surface area contributed by atoms with Crippen LogP contribution in [0.4, 0.5) is 5.69 Å². The first-order chi connectivity index (χ1) is 10.1. The van der Waals surface area contributed by atoms with E-state index in [-0.39, 0.29) is 0 Å². The van der Waals surface area contributed by atoms with E-state index in [1.165, 1.54) is 42.6 Å². The van der Waals surface area contributed by atoms with E-state index in [1.54, 1.807) is 5.56 Å². The molecule has 0 atom stereocenters. The predicted molar refractivity (Wildman–Crippen MR) is 86.7 cm³/mol. The number of aromatic nitrogens is 2. The molecule has 0 unspecified atom stereocenters. The number of benzene rings is 1. The van der Waals surface area contributed by atoms with Crippen LogP contribution in [0.25, 0.3) is 11.1 Å². The Morgan fingerprint density at radius 3 is 2.57 bits per heavy atom. The molecule has 0 N–H and O–H groups in total. The van der Waals surface area contributed by atoms with E-state index in [0.29, 0.717) is 11.5 Å². The van der Waals surface area contributed by atoms with Gasteiger partial charge in [-0.05, 0) is 49.9 Å². The molecule has 1 aliphatic carbocycles. The maximum absolute atomic E-state index is 4.31. The molecule has 21 heavy (non-hydrogen) atoms. The molecule has 0 amide bonds. The Hall–Kier alpha value is -1.77. The van der Waals surface area contributed by atoms with Gasteiger partial charge in [0.15, 0.2) is 0 Å². The molecule has 1 aliphatic heterocycles. The average Bonchev–Trinajstić information content (AvgIpc) is 2.98. The Labute approximate surface area is 126 Å². The second-order valence-corrected chi connectivity index (χ2v) is 6.99. The first-order valence-electron chi connectivity index (χ1n) is 7.99. The molecule has 1 saturated carbocycles. The minimum atomic E-state index is 0.428. The fourth-order valence-electron chi connectivity index (χ4n) is 3.95. The Morgan fingerprint density at radius 2 is 2.00 bits per heavy atom. The molecular formula is C18H23N3. The lowest BCUT2D eigenvalue weighted by atomic mass is 9.65. The van der Waals surface area contributed by atoms with Crippen molar-refractivity contribution in [1.82, 2.24) is 9.78 Å². The minimum Gasteiger partial charge on any atom is -0.368 e. The van der Waals surface area contributed by atoms with Crippen LogP contribution in [0.5, 0.6) is 0 Å². The van der Waals surface area contributed by atoms with Gasteiger partial charge in [0.1, 0.15) is 0 Å². The average molecular weight is 281 g/mol. The van der Waals surface area contributed by atoms with Crippen molar-refractivity contribution in [1.29, 1.82) is 0 Å². The van der Waals surface area contributed by atoms with Gasteiger partial charge in [-0.25, -0.2) is 0 Å². The third kappa shape index (κ3) is 1.83. The monoisotopic (exact) mass is 281 g/mol. The summed E-state index contributed by atoms with van der Waals surface area (Å²) in [7, 11) is 1.98. The van der Waals surface area contributed by atoms with Gasteiger partial charge < -0.3 is 4.90 Å². The Kier molecular flexibility index (Phi) is 2.69. The van der Waals surface area contributed by atoms with Gasteiger partial charge in [-0.15, -0.1) is 0 Å². The van der Waals surface area contributed by atoms with Crippen LogP contribution < -0.4 is 4.90 Å². The number of nitrogens with zero attached hydrogens (tertiary/aromatic N) is 3. The summed E-state index contributed by atoms with van der Waals surface area (Å²) in [6.07, 6.45) is 8.14. The van der Waals surface area contributed by atoms with E-state index in [2.05, 4.69) is 48.2 Å². The van der Waals surface area contributed by atoms with E-state index < -0.39 is 0 Å². The predicted octanol–water partition coefficient (Wildman–Crippen LogP) is 3.74. The molecule has 3 heteroatoms. The summed E-state index contributed by atoms with van der Waals surface area (Å²) in [6.45, 7) is 5.81. The SMILES string of the molecule is CC(C)N1CC2(CCC2)c2cc(-c3cnn(C)c3)ccc21. The summed E-state index contributed by atoms with van der Waals surface area (Å²) in [5.74, 6) is 0. The summed E-state index contributed by atoms with van der Waals surface area (Å²) in [5.41, 5.74) is 5.98. The summed E-state index contributed by atoms with van der Waals surface area (Å²) in [4.78, 5) is 2.58. The first kappa shape index (κ1) is 12.9. The first-order valence-corrected chi connectivity index (χ1v) is 7.99. The number of aryl methyl sites for hydroxylation is 1. The molecule has 4 rings (SSSR count). The zero-order valence-corrected chi connectivity index (χ0v) is 13.1. The number of rotatable bonds is 2. The van der Waals surface area contributed by atoms with Gasteiger partial charge >= 0.3 is 0 Å². The van der Waals surface area contributed by atoms with Crippen LogP contribution in [0.1, 0.15) is 38.7 Å². The van der Waals surface area contributed by atoms with Crippen LogP contribution in [-0.4, -0.2) is 22.4 Å². The Balaban J connectivity index is 1.81. The lowest BCUT2D eigenvalue weighted by molar-refractivity contribution is 0.261. The quantitative estimate of drug-likeness (QED) is 0.836. The van der Waals surface area contributed by atoms with E-state index in [0.717, 1.165) is 0 Å². The molecule has 2 aromatic rings. The molecule has 2 heterocycles. The van der Waals surface area contributed by atoms with E-state index >= 15 is 0 Å². The summed E-state index contributed by atoms with van der Waals surface area (Å²) < 4.78 is 1.88. The molecule has 2 aliphatic rings. The van der Waals surface area contributed by atoms with E-state index in [4.69, 9.17) is 0 Å². The fraction of sp³-hybridized carbons (Fsp3) is 0.500. The number of anilines is 1. The van der Waals surface area contributed by atoms with Crippen LogP contribution in [0, 0.1) is 0 Å². The summed E-state index contributed by atoms with van der Waals surface area (Å²) in [5, 5.41) is 4.31. The van der Waals surface area contributed by atoms with Crippen LogP contribution in [0.2, 0.25) is 0 Å². The molecule has 1 spiro atoms. The largest absolute Gasteiger partial charge is 0.368 e. The van der Waals surface area contributed by atoms with E-state index in [9.17, 15) is 0 Å². The zero-order chi connectivity index (χ0) is 14.6. The zero-order valence-electron chi connectivity index (χ0n) is 13.1. The van der Waals surface area contributed by atoms with Crippen molar-refractivity contribution in [3.05, 3.63) is 36.2 Å². The maximum Gasteiger partial charge on any atom is 0.0568 e. The number of hydrogen-bond donors (Lipinski definition) is 0. The number of fused-ring (bicyclic) bond motifs is 2. The normalized spacial score (nSPS) is 19.1. The standard InChI is InChI=1S/C18H23N3/c1-13(2)21-12-18(7-4-8-18)16-9-14(5-6-17(16)21)15-10-19-20(3)11-15/h5-6,9-11,13H,4,7-8,12H2,1-3H3. The van der Waals surface area contributed by atoms with Crippen LogP contribution in [0.15, 0.2) is 30.6 Å². The molecular weight excluding hydrogens is 258 g/mol. The molecule has 1 fully saturated rings. The molecule has 0 saturated heterocycles. The van der Waals surface area contributed by atoms with Gasteiger partial charge in [0.2, 0.25) is 0 Å². The van der Waals surface area contributed by atoms with Crippen molar-refractivity contribution in [3.63, 3.8) is 0 Å². The lowest BCUT2D eigenvalue weighted by Crippen LogP contribution is -2.41. The molecule has 1 aromatic carbocycles. The lowest BCUT2D eigenvalue weighted by Gasteiger charge is -2.39. The van der Waals surface area contributed by atoms with Gasteiger partial charge in [-0.1, -0.05) is 12.5 Å². The smallest absolute Gasteiger partial charge is 0.0568 e. The van der Waals surface area contributed by atoms with Gasteiger partial charge in [-0.3, -0.25) is 4.68 Å². The van der Waals surface area contributed by atoms with Crippen molar-refractivity contribution in [3.8, 4) is 11.1 Å². The number of hydrogen-bond acceptors (Lipinski definition) is 2. The molecule has 0 radical (unpaired) electrons. The summed E-state index contributed by atoms with van der Waals surface area (Å²) in [6, 6.07) is 7.58. The topological polar surface area (TPSA) is 21.1 Å².